The quantitative estimate of drug-likeness (QED) is 0.776. The molecule has 2 amide bonds. The molecule has 0 fully saturated rings. The van der Waals surface area contributed by atoms with E-state index >= 15 is 0 Å². The summed E-state index contributed by atoms with van der Waals surface area (Å²) in [7, 11) is 0. The molecule has 1 atom stereocenters. The summed E-state index contributed by atoms with van der Waals surface area (Å²) in [6.45, 7) is 9.75. The largest absolute Gasteiger partial charge is 0.477 e. The molecule has 1 aromatic carbocycles. The number of nitrogens with zero attached hydrogens (tertiary/aromatic N) is 1. The summed E-state index contributed by atoms with van der Waals surface area (Å²) in [5.74, 6) is -0.370. The molecule has 1 heterocycles. The van der Waals surface area contributed by atoms with E-state index in [0.717, 1.165) is 11.1 Å². The van der Waals surface area contributed by atoms with Crippen molar-refractivity contribution in [3.8, 4) is 5.88 Å². The van der Waals surface area contributed by atoms with Gasteiger partial charge in [-0.15, -0.1) is 0 Å². The molecule has 144 valence electrons. The first-order valence-electron chi connectivity index (χ1n) is 9.13. The predicted octanol–water partition coefficient (Wildman–Crippen LogP) is 3.87. The third kappa shape index (κ3) is 5.54. The number of rotatable bonds is 7. The molecule has 0 spiro atoms. The van der Waals surface area contributed by atoms with Crippen LogP contribution in [0.3, 0.4) is 0 Å². The van der Waals surface area contributed by atoms with Crippen LogP contribution in [0.25, 0.3) is 0 Å². The third-order valence-corrected chi connectivity index (χ3v) is 4.06. The smallest absolute Gasteiger partial charge is 0.257 e. The van der Waals surface area contributed by atoms with Crippen LogP contribution in [-0.4, -0.2) is 23.4 Å². The van der Waals surface area contributed by atoms with Crippen molar-refractivity contribution in [2.75, 3.05) is 11.9 Å². The Bertz CT molecular complexity index is 818. The molecule has 1 aromatic heterocycles. The number of nitrogens with one attached hydrogen (secondary N) is 2. The molecule has 2 rings (SSSR count). The summed E-state index contributed by atoms with van der Waals surface area (Å²) >= 11 is 0. The molecule has 6 nitrogen and oxygen atoms in total. The van der Waals surface area contributed by atoms with E-state index < -0.39 is 0 Å². The van der Waals surface area contributed by atoms with Gasteiger partial charge in [-0.05, 0) is 32.4 Å². The van der Waals surface area contributed by atoms with Gasteiger partial charge < -0.3 is 15.4 Å². The number of pyridine rings is 1. The first-order chi connectivity index (χ1) is 12.8. The summed E-state index contributed by atoms with van der Waals surface area (Å²) in [6.07, 6.45) is 1.49. The lowest BCUT2D eigenvalue weighted by Crippen LogP contribution is -2.28. The van der Waals surface area contributed by atoms with E-state index in [9.17, 15) is 9.59 Å². The third-order valence-electron chi connectivity index (χ3n) is 4.06. The SMILES string of the molecule is CCOc1ncc(NC(=O)C(C)C)cc1C(=O)NC(C)c1cccc(C)c1. The predicted molar refractivity (Wildman–Crippen MR) is 106 cm³/mol. The number of amides is 2. The molecular formula is C21H27N3O3. The Morgan fingerprint density at radius 1 is 1.19 bits per heavy atom. The Morgan fingerprint density at radius 2 is 1.93 bits per heavy atom. The number of aromatic nitrogens is 1. The molecule has 0 aliphatic carbocycles. The molecule has 2 N–H and O–H groups in total. The summed E-state index contributed by atoms with van der Waals surface area (Å²) < 4.78 is 5.49. The highest BCUT2D eigenvalue weighted by atomic mass is 16.5. The van der Waals surface area contributed by atoms with Gasteiger partial charge >= 0.3 is 0 Å². The fraction of sp³-hybridized carbons (Fsp3) is 0.381. The van der Waals surface area contributed by atoms with E-state index in [0.29, 0.717) is 12.3 Å². The molecule has 27 heavy (non-hydrogen) atoms. The second-order valence-electron chi connectivity index (χ2n) is 6.76. The Morgan fingerprint density at radius 3 is 2.56 bits per heavy atom. The topological polar surface area (TPSA) is 80.3 Å². The highest BCUT2D eigenvalue weighted by molar-refractivity contribution is 5.99. The lowest BCUT2D eigenvalue weighted by atomic mass is 10.1. The van der Waals surface area contributed by atoms with Gasteiger partial charge in [-0.2, -0.15) is 0 Å². The highest BCUT2D eigenvalue weighted by Gasteiger charge is 2.19. The normalized spacial score (nSPS) is 11.8. The maximum atomic E-state index is 12.8. The zero-order valence-electron chi connectivity index (χ0n) is 16.5. The van der Waals surface area contributed by atoms with Crippen molar-refractivity contribution in [2.24, 2.45) is 5.92 Å². The van der Waals surface area contributed by atoms with Crippen molar-refractivity contribution in [3.05, 3.63) is 53.2 Å². The standard InChI is InChI=1S/C21H27N3O3/c1-6-27-21-18(11-17(12-22-21)24-19(25)13(2)3)20(26)23-15(5)16-9-7-8-14(4)10-16/h7-13,15H,6H2,1-5H3,(H,23,26)(H,24,25). The van der Waals surface area contributed by atoms with Crippen LogP contribution in [0, 0.1) is 12.8 Å². The highest BCUT2D eigenvalue weighted by Crippen LogP contribution is 2.22. The molecule has 0 saturated carbocycles. The number of carbonyl (C=O) groups excluding carboxylic acids is 2. The van der Waals surface area contributed by atoms with Gasteiger partial charge in [0.2, 0.25) is 11.8 Å². The zero-order chi connectivity index (χ0) is 20.0. The molecule has 0 saturated heterocycles. The number of anilines is 1. The van der Waals surface area contributed by atoms with Crippen molar-refractivity contribution in [1.82, 2.24) is 10.3 Å². The van der Waals surface area contributed by atoms with Gasteiger partial charge in [0.05, 0.1) is 24.5 Å². The second kappa shape index (κ2) is 9.16. The molecular weight excluding hydrogens is 342 g/mol. The fourth-order valence-electron chi connectivity index (χ4n) is 2.52. The zero-order valence-corrected chi connectivity index (χ0v) is 16.5. The van der Waals surface area contributed by atoms with Crippen molar-refractivity contribution in [1.29, 1.82) is 0 Å². The average molecular weight is 369 g/mol. The van der Waals surface area contributed by atoms with Crippen molar-refractivity contribution in [3.63, 3.8) is 0 Å². The minimum absolute atomic E-state index is 0.138. The maximum absolute atomic E-state index is 12.8. The van der Waals surface area contributed by atoms with Gasteiger partial charge in [0.15, 0.2) is 0 Å². The van der Waals surface area contributed by atoms with Gasteiger partial charge in [-0.3, -0.25) is 9.59 Å². The summed E-state index contributed by atoms with van der Waals surface area (Å²) in [5, 5.41) is 5.73. The Kier molecular flexibility index (Phi) is 6.93. The summed E-state index contributed by atoms with van der Waals surface area (Å²) in [4.78, 5) is 29.0. The van der Waals surface area contributed by atoms with Crippen LogP contribution in [0.1, 0.15) is 55.2 Å². The molecule has 0 aliphatic heterocycles. The van der Waals surface area contributed by atoms with E-state index in [-0.39, 0.29) is 35.2 Å². The van der Waals surface area contributed by atoms with Gasteiger partial charge in [0, 0.05) is 5.92 Å². The van der Waals surface area contributed by atoms with E-state index in [2.05, 4.69) is 15.6 Å². The van der Waals surface area contributed by atoms with Gasteiger partial charge in [-0.1, -0.05) is 43.7 Å². The van der Waals surface area contributed by atoms with E-state index in [1.807, 2.05) is 45.0 Å². The molecule has 1 unspecified atom stereocenters. The van der Waals surface area contributed by atoms with Crippen molar-refractivity contribution < 1.29 is 14.3 Å². The average Bonchev–Trinajstić information content (AvgIpc) is 2.62. The lowest BCUT2D eigenvalue weighted by molar-refractivity contribution is -0.118. The summed E-state index contributed by atoms with van der Waals surface area (Å²) in [5.41, 5.74) is 2.89. The first-order valence-corrected chi connectivity index (χ1v) is 9.13. The Hall–Kier alpha value is -2.89. The summed E-state index contributed by atoms with van der Waals surface area (Å²) in [6, 6.07) is 9.39. The van der Waals surface area contributed by atoms with Crippen molar-refractivity contribution in [2.45, 2.75) is 40.7 Å². The van der Waals surface area contributed by atoms with Gasteiger partial charge in [0.25, 0.3) is 5.91 Å². The molecule has 0 radical (unpaired) electrons. The number of ether oxygens (including phenoxy) is 1. The molecule has 0 aliphatic rings. The van der Waals surface area contributed by atoms with Crippen LogP contribution in [0.5, 0.6) is 5.88 Å². The van der Waals surface area contributed by atoms with Crippen LogP contribution in [0.4, 0.5) is 5.69 Å². The number of carbonyl (C=O) groups is 2. The van der Waals surface area contributed by atoms with E-state index in [1.165, 1.54) is 6.20 Å². The van der Waals surface area contributed by atoms with E-state index in [1.54, 1.807) is 19.9 Å². The number of hydrogen-bond acceptors (Lipinski definition) is 4. The van der Waals surface area contributed by atoms with Crippen LogP contribution < -0.4 is 15.4 Å². The van der Waals surface area contributed by atoms with Gasteiger partial charge in [0.1, 0.15) is 5.56 Å². The second-order valence-corrected chi connectivity index (χ2v) is 6.76. The van der Waals surface area contributed by atoms with Crippen LogP contribution >= 0.6 is 0 Å². The number of benzene rings is 1. The maximum Gasteiger partial charge on any atom is 0.257 e. The fourth-order valence-corrected chi connectivity index (χ4v) is 2.52. The monoisotopic (exact) mass is 369 g/mol. The number of aryl methyl sites for hydroxylation is 1. The van der Waals surface area contributed by atoms with Crippen LogP contribution in [0.15, 0.2) is 36.5 Å². The molecule has 0 bridgehead atoms. The van der Waals surface area contributed by atoms with Crippen LogP contribution in [0.2, 0.25) is 0 Å². The van der Waals surface area contributed by atoms with Crippen molar-refractivity contribution >= 4 is 17.5 Å². The van der Waals surface area contributed by atoms with E-state index in [4.69, 9.17) is 4.74 Å². The molecule has 6 heteroatoms. The Balaban J connectivity index is 2.24. The molecule has 2 aromatic rings. The lowest BCUT2D eigenvalue weighted by Gasteiger charge is -2.17. The first kappa shape index (κ1) is 20.4. The minimum atomic E-state index is -0.305. The van der Waals surface area contributed by atoms with Crippen LogP contribution in [-0.2, 0) is 4.79 Å². The number of hydrogen-bond donors (Lipinski definition) is 2. The Labute approximate surface area is 160 Å². The van der Waals surface area contributed by atoms with Gasteiger partial charge in [-0.25, -0.2) is 4.98 Å². The minimum Gasteiger partial charge on any atom is -0.477 e.